The summed E-state index contributed by atoms with van der Waals surface area (Å²) in [5.41, 5.74) is 8.53. The predicted molar refractivity (Wildman–Crippen MR) is 105 cm³/mol. The van der Waals surface area contributed by atoms with Gasteiger partial charge >= 0.3 is 0 Å². The number of halogens is 1. The van der Waals surface area contributed by atoms with Crippen molar-refractivity contribution in [3.63, 3.8) is 0 Å². The summed E-state index contributed by atoms with van der Waals surface area (Å²) >= 11 is 0. The Kier molecular flexibility index (Phi) is 8.17. The minimum absolute atomic E-state index is 0. The molecule has 0 aliphatic heterocycles. The first kappa shape index (κ1) is 19.2. The van der Waals surface area contributed by atoms with E-state index < -0.39 is 0 Å². The maximum absolute atomic E-state index is 5.97. The Morgan fingerprint density at radius 1 is 1.32 bits per heavy atom. The lowest BCUT2D eigenvalue weighted by atomic mass is 9.85. The van der Waals surface area contributed by atoms with E-state index in [0.717, 1.165) is 12.5 Å². The highest BCUT2D eigenvalue weighted by atomic mass is 127. The van der Waals surface area contributed by atoms with Crippen molar-refractivity contribution >= 4 is 29.9 Å². The third-order valence-corrected chi connectivity index (χ3v) is 4.32. The second-order valence-electron chi connectivity index (χ2n) is 6.29. The average molecular weight is 416 g/mol. The summed E-state index contributed by atoms with van der Waals surface area (Å²) in [6.45, 7) is 3.75. The summed E-state index contributed by atoms with van der Waals surface area (Å²) in [5, 5.41) is 3.25. The number of nitrogens with two attached hydrogens (primary N) is 1. The summed E-state index contributed by atoms with van der Waals surface area (Å²) in [7, 11) is 4.16. The van der Waals surface area contributed by atoms with E-state index in [9.17, 15) is 0 Å². The molecular formula is C17H29IN4. The molecule has 1 aliphatic carbocycles. The molecule has 3 N–H and O–H groups in total. The number of benzene rings is 1. The Hall–Kier alpha value is -0.820. The monoisotopic (exact) mass is 416 g/mol. The van der Waals surface area contributed by atoms with Gasteiger partial charge in [0.15, 0.2) is 5.96 Å². The van der Waals surface area contributed by atoms with Gasteiger partial charge in [-0.05, 0) is 45.3 Å². The maximum Gasteiger partial charge on any atom is 0.188 e. The lowest BCUT2D eigenvalue weighted by Gasteiger charge is -2.26. The SMILES string of the molecule is Cc1ccc(C(CN=C(N)NCC2CCC2)N(C)C)cc1.I. The summed E-state index contributed by atoms with van der Waals surface area (Å²) < 4.78 is 0. The van der Waals surface area contributed by atoms with Crippen LogP contribution < -0.4 is 11.1 Å². The van der Waals surface area contributed by atoms with Crippen LogP contribution >= 0.6 is 24.0 Å². The number of likely N-dealkylation sites (N-methyl/N-ethyl adjacent to an activating group) is 1. The van der Waals surface area contributed by atoms with Crippen molar-refractivity contribution in [1.29, 1.82) is 0 Å². The third-order valence-electron chi connectivity index (χ3n) is 4.32. The van der Waals surface area contributed by atoms with Crippen molar-refractivity contribution in [3.8, 4) is 0 Å². The molecule has 0 aromatic heterocycles. The van der Waals surface area contributed by atoms with Gasteiger partial charge in [0.1, 0.15) is 0 Å². The minimum Gasteiger partial charge on any atom is -0.370 e. The Balaban J connectivity index is 0.00000242. The van der Waals surface area contributed by atoms with Crippen molar-refractivity contribution in [2.24, 2.45) is 16.6 Å². The molecule has 0 heterocycles. The molecule has 1 unspecified atom stereocenters. The van der Waals surface area contributed by atoms with E-state index in [1.807, 2.05) is 0 Å². The molecule has 0 bridgehead atoms. The molecule has 1 fully saturated rings. The van der Waals surface area contributed by atoms with Crippen LogP contribution in [0.4, 0.5) is 0 Å². The van der Waals surface area contributed by atoms with Gasteiger partial charge in [-0.3, -0.25) is 4.99 Å². The van der Waals surface area contributed by atoms with Crippen LogP contribution in [0.15, 0.2) is 29.3 Å². The van der Waals surface area contributed by atoms with E-state index in [4.69, 9.17) is 5.73 Å². The fourth-order valence-electron chi connectivity index (χ4n) is 2.54. The van der Waals surface area contributed by atoms with Gasteiger partial charge in [-0.2, -0.15) is 0 Å². The molecule has 22 heavy (non-hydrogen) atoms. The van der Waals surface area contributed by atoms with E-state index >= 15 is 0 Å². The zero-order valence-corrected chi connectivity index (χ0v) is 16.2. The molecule has 1 aromatic rings. The van der Waals surface area contributed by atoms with Crippen LogP contribution in [0, 0.1) is 12.8 Å². The summed E-state index contributed by atoms with van der Waals surface area (Å²) in [6.07, 6.45) is 4.01. The number of guanidine groups is 1. The van der Waals surface area contributed by atoms with Gasteiger partial charge < -0.3 is 16.0 Å². The highest BCUT2D eigenvalue weighted by Gasteiger charge is 2.17. The normalized spacial score (nSPS) is 16.8. The minimum atomic E-state index is 0. The molecular weight excluding hydrogens is 387 g/mol. The smallest absolute Gasteiger partial charge is 0.188 e. The number of aryl methyl sites for hydroxylation is 1. The van der Waals surface area contributed by atoms with Crippen LogP contribution in [-0.4, -0.2) is 38.0 Å². The molecule has 0 spiro atoms. The Morgan fingerprint density at radius 2 is 1.95 bits per heavy atom. The second kappa shape index (κ2) is 9.35. The van der Waals surface area contributed by atoms with Crippen molar-refractivity contribution in [1.82, 2.24) is 10.2 Å². The topological polar surface area (TPSA) is 53.6 Å². The van der Waals surface area contributed by atoms with E-state index in [2.05, 4.69) is 60.5 Å². The molecule has 1 aliphatic rings. The molecule has 2 rings (SSSR count). The van der Waals surface area contributed by atoms with E-state index in [-0.39, 0.29) is 30.0 Å². The quantitative estimate of drug-likeness (QED) is 0.426. The maximum atomic E-state index is 5.97. The molecule has 124 valence electrons. The highest BCUT2D eigenvalue weighted by Crippen LogP contribution is 2.25. The van der Waals surface area contributed by atoms with Gasteiger partial charge in [-0.15, -0.1) is 24.0 Å². The fraction of sp³-hybridized carbons (Fsp3) is 0.588. The number of nitrogens with zero attached hydrogens (tertiary/aromatic N) is 2. The second-order valence-corrected chi connectivity index (χ2v) is 6.29. The molecule has 0 saturated heterocycles. The molecule has 0 amide bonds. The average Bonchev–Trinajstić information content (AvgIpc) is 2.39. The molecule has 1 aromatic carbocycles. The zero-order chi connectivity index (χ0) is 15.2. The van der Waals surface area contributed by atoms with E-state index in [1.54, 1.807) is 0 Å². The first-order chi connectivity index (χ1) is 10.1. The van der Waals surface area contributed by atoms with Gasteiger partial charge in [0.2, 0.25) is 0 Å². The van der Waals surface area contributed by atoms with Crippen molar-refractivity contribution in [2.75, 3.05) is 27.2 Å². The molecule has 1 saturated carbocycles. The molecule has 4 nitrogen and oxygen atoms in total. The largest absolute Gasteiger partial charge is 0.370 e. The zero-order valence-electron chi connectivity index (χ0n) is 13.9. The van der Waals surface area contributed by atoms with Gasteiger partial charge in [-0.25, -0.2) is 0 Å². The van der Waals surface area contributed by atoms with Crippen LogP contribution in [0.1, 0.15) is 36.4 Å². The Labute approximate surface area is 151 Å². The van der Waals surface area contributed by atoms with Crippen LogP contribution in [0.5, 0.6) is 0 Å². The highest BCUT2D eigenvalue weighted by molar-refractivity contribution is 14.0. The number of rotatable bonds is 6. The van der Waals surface area contributed by atoms with Crippen LogP contribution in [0.25, 0.3) is 0 Å². The van der Waals surface area contributed by atoms with Crippen molar-refractivity contribution in [2.45, 2.75) is 32.2 Å². The lowest BCUT2D eigenvalue weighted by Crippen LogP contribution is -2.38. The third kappa shape index (κ3) is 5.76. The summed E-state index contributed by atoms with van der Waals surface area (Å²) in [6, 6.07) is 8.90. The first-order valence-corrected chi connectivity index (χ1v) is 7.83. The van der Waals surface area contributed by atoms with E-state index in [1.165, 1.54) is 30.4 Å². The predicted octanol–water partition coefficient (Wildman–Crippen LogP) is 2.92. The van der Waals surface area contributed by atoms with Gasteiger partial charge in [0.05, 0.1) is 12.6 Å². The van der Waals surface area contributed by atoms with Crippen LogP contribution in [-0.2, 0) is 0 Å². The van der Waals surface area contributed by atoms with Crippen molar-refractivity contribution in [3.05, 3.63) is 35.4 Å². The molecule has 1 atom stereocenters. The van der Waals surface area contributed by atoms with Crippen molar-refractivity contribution < 1.29 is 0 Å². The number of hydrogen-bond acceptors (Lipinski definition) is 2. The Bertz CT molecular complexity index is 466. The summed E-state index contributed by atoms with van der Waals surface area (Å²) in [5.74, 6) is 1.36. The van der Waals surface area contributed by atoms with Gasteiger partial charge in [-0.1, -0.05) is 36.2 Å². The number of hydrogen-bond donors (Lipinski definition) is 2. The van der Waals surface area contributed by atoms with Crippen LogP contribution in [0.3, 0.4) is 0 Å². The van der Waals surface area contributed by atoms with Crippen LogP contribution in [0.2, 0.25) is 0 Å². The standard InChI is InChI=1S/C17H28N4.HI/c1-13-7-9-15(10-8-13)16(21(2)3)12-20-17(18)19-11-14-5-4-6-14;/h7-10,14,16H,4-6,11-12H2,1-3H3,(H3,18,19,20);1H. The number of aliphatic imine (C=N–C) groups is 1. The lowest BCUT2D eigenvalue weighted by molar-refractivity contribution is 0.305. The molecule has 5 heteroatoms. The first-order valence-electron chi connectivity index (χ1n) is 7.83. The van der Waals surface area contributed by atoms with Gasteiger partial charge in [0, 0.05) is 6.54 Å². The Morgan fingerprint density at radius 3 is 2.45 bits per heavy atom. The van der Waals surface area contributed by atoms with Gasteiger partial charge in [0.25, 0.3) is 0 Å². The summed E-state index contributed by atoms with van der Waals surface area (Å²) in [4.78, 5) is 6.70. The fourth-order valence-corrected chi connectivity index (χ4v) is 2.54. The number of nitrogens with one attached hydrogen (secondary N) is 1. The van der Waals surface area contributed by atoms with E-state index in [0.29, 0.717) is 12.5 Å². The molecule has 0 radical (unpaired) electrons.